The number of ether oxygens (including phenoxy) is 2. The van der Waals surface area contributed by atoms with Crippen molar-refractivity contribution in [1.82, 2.24) is 14.5 Å². The van der Waals surface area contributed by atoms with Gasteiger partial charge in [0, 0.05) is 39.5 Å². The highest BCUT2D eigenvalue weighted by Gasteiger charge is 2.23. The second kappa shape index (κ2) is 13.4. The van der Waals surface area contributed by atoms with Crippen LogP contribution in [0, 0.1) is 0 Å². The lowest BCUT2D eigenvalue weighted by atomic mass is 10.1. The van der Waals surface area contributed by atoms with Gasteiger partial charge in [-0.15, -0.1) is 0 Å². The molecule has 4 rings (SSSR count). The van der Waals surface area contributed by atoms with Crippen LogP contribution in [0.15, 0.2) is 48.5 Å². The van der Waals surface area contributed by atoms with Crippen molar-refractivity contribution < 1.29 is 19.1 Å². The molecule has 2 aromatic carbocycles. The largest absolute Gasteiger partial charge is 0.377 e. The number of benzene rings is 2. The molecule has 0 fully saturated rings. The normalized spacial score (nSPS) is 15.5. The predicted molar refractivity (Wildman–Crippen MR) is 144 cm³/mol. The van der Waals surface area contributed by atoms with Crippen LogP contribution in [0.4, 0.5) is 5.69 Å². The molecule has 2 heterocycles. The van der Waals surface area contributed by atoms with Crippen LogP contribution in [-0.4, -0.2) is 60.2 Å². The second-order valence-corrected chi connectivity index (χ2v) is 9.58. The Morgan fingerprint density at radius 1 is 0.838 bits per heavy atom. The number of rotatable bonds is 6. The lowest BCUT2D eigenvalue weighted by Gasteiger charge is -2.28. The number of anilines is 1. The van der Waals surface area contributed by atoms with E-state index < -0.39 is 0 Å². The van der Waals surface area contributed by atoms with Gasteiger partial charge in [-0.25, -0.2) is 4.98 Å². The molecule has 0 spiro atoms. The molecule has 8 nitrogen and oxygen atoms in total. The van der Waals surface area contributed by atoms with Crippen molar-refractivity contribution in [3.8, 4) is 0 Å². The van der Waals surface area contributed by atoms with Crippen LogP contribution in [0.2, 0.25) is 0 Å². The van der Waals surface area contributed by atoms with Gasteiger partial charge in [0.25, 0.3) is 5.91 Å². The highest BCUT2D eigenvalue weighted by Crippen LogP contribution is 2.25. The zero-order valence-electron chi connectivity index (χ0n) is 22.0. The van der Waals surface area contributed by atoms with E-state index in [0.29, 0.717) is 26.2 Å². The van der Waals surface area contributed by atoms with E-state index in [1.165, 1.54) is 0 Å². The first kappa shape index (κ1) is 26.8. The SMILES string of the molecule is COCC(=O)N1CCCCCCCCN(C(=O)Cn2c(COC)nc3ccccc32)Cc2ccccc21. The fraction of sp³-hybridized carbons (Fsp3) is 0.483. The average molecular weight is 507 g/mol. The van der Waals surface area contributed by atoms with Crippen LogP contribution in [0.25, 0.3) is 11.0 Å². The molecular formula is C29H38N4O4. The number of aromatic nitrogens is 2. The molecule has 0 aliphatic carbocycles. The lowest BCUT2D eigenvalue weighted by molar-refractivity contribution is -0.132. The topological polar surface area (TPSA) is 76.9 Å². The Morgan fingerprint density at radius 2 is 1.54 bits per heavy atom. The van der Waals surface area contributed by atoms with Gasteiger partial charge < -0.3 is 23.8 Å². The summed E-state index contributed by atoms with van der Waals surface area (Å²) in [6, 6.07) is 15.8. The lowest BCUT2D eigenvalue weighted by Crippen LogP contribution is -2.37. The summed E-state index contributed by atoms with van der Waals surface area (Å²) in [5.41, 5.74) is 3.59. The molecule has 0 saturated heterocycles. The van der Waals surface area contributed by atoms with Gasteiger partial charge in [-0.05, 0) is 36.6 Å². The van der Waals surface area contributed by atoms with Gasteiger partial charge in [0.05, 0.1) is 11.0 Å². The quantitative estimate of drug-likeness (QED) is 0.490. The number of imidazole rings is 1. The number of methoxy groups -OCH3 is 2. The molecule has 0 N–H and O–H groups in total. The van der Waals surface area contributed by atoms with Gasteiger partial charge in [0.2, 0.25) is 5.91 Å². The van der Waals surface area contributed by atoms with Crippen molar-refractivity contribution >= 4 is 28.5 Å². The Balaban J connectivity index is 1.64. The maximum atomic E-state index is 13.8. The van der Waals surface area contributed by atoms with E-state index in [4.69, 9.17) is 9.47 Å². The number of carbonyl (C=O) groups is 2. The number of para-hydroxylation sites is 3. The van der Waals surface area contributed by atoms with E-state index in [1.807, 2.05) is 62.9 Å². The third-order valence-electron chi connectivity index (χ3n) is 6.93. The molecule has 0 saturated carbocycles. The molecule has 2 amide bonds. The van der Waals surface area contributed by atoms with Crippen LogP contribution in [0.1, 0.15) is 49.9 Å². The van der Waals surface area contributed by atoms with Crippen LogP contribution < -0.4 is 4.90 Å². The summed E-state index contributed by atoms with van der Waals surface area (Å²) < 4.78 is 12.5. The van der Waals surface area contributed by atoms with E-state index in [2.05, 4.69) is 4.98 Å². The van der Waals surface area contributed by atoms with Crippen molar-refractivity contribution in [2.24, 2.45) is 0 Å². The molecule has 0 atom stereocenters. The van der Waals surface area contributed by atoms with Crippen molar-refractivity contribution in [1.29, 1.82) is 0 Å². The zero-order valence-corrected chi connectivity index (χ0v) is 22.0. The van der Waals surface area contributed by atoms with Crippen LogP contribution >= 0.6 is 0 Å². The molecular weight excluding hydrogens is 468 g/mol. The molecule has 0 bridgehead atoms. The average Bonchev–Trinajstić information content (AvgIpc) is 3.25. The number of carbonyl (C=O) groups excluding carboxylic acids is 2. The number of hydrogen-bond acceptors (Lipinski definition) is 5. The standard InChI is InChI=1S/C29H38N4O4/c1-36-21-27-30-24-14-8-10-16-26(24)33(27)20-28(34)31-17-11-5-3-4-6-12-18-32(29(35)22-37-2)25-15-9-7-13-23(25)19-31/h7-10,13-16H,3-6,11-12,17-22H2,1-2H3. The number of hydrogen-bond donors (Lipinski definition) is 0. The highest BCUT2D eigenvalue weighted by atomic mass is 16.5. The Labute approximate surface area is 219 Å². The van der Waals surface area contributed by atoms with Crippen LogP contribution in [0.5, 0.6) is 0 Å². The minimum Gasteiger partial charge on any atom is -0.377 e. The van der Waals surface area contributed by atoms with Gasteiger partial charge in [0.1, 0.15) is 25.6 Å². The van der Waals surface area contributed by atoms with E-state index in [1.54, 1.807) is 14.2 Å². The first-order chi connectivity index (χ1) is 18.1. The van der Waals surface area contributed by atoms with Gasteiger partial charge in [-0.1, -0.05) is 56.0 Å². The van der Waals surface area contributed by atoms with E-state index >= 15 is 0 Å². The monoisotopic (exact) mass is 506 g/mol. The number of nitrogens with zero attached hydrogens (tertiary/aromatic N) is 4. The Hall–Kier alpha value is -3.23. The highest BCUT2D eigenvalue weighted by molar-refractivity contribution is 5.95. The summed E-state index contributed by atoms with van der Waals surface area (Å²) >= 11 is 0. The molecule has 0 radical (unpaired) electrons. The molecule has 1 aliphatic heterocycles. The molecule has 1 aromatic heterocycles. The van der Waals surface area contributed by atoms with Crippen LogP contribution in [0.3, 0.4) is 0 Å². The smallest absolute Gasteiger partial charge is 0.252 e. The van der Waals surface area contributed by atoms with Gasteiger partial charge in [-0.3, -0.25) is 9.59 Å². The molecule has 8 heteroatoms. The Bertz CT molecular complexity index is 1190. The van der Waals surface area contributed by atoms with Gasteiger partial charge >= 0.3 is 0 Å². The summed E-state index contributed by atoms with van der Waals surface area (Å²) in [6.45, 7) is 2.32. The predicted octanol–water partition coefficient (Wildman–Crippen LogP) is 4.55. The molecule has 0 unspecified atom stereocenters. The third kappa shape index (κ3) is 6.76. The fourth-order valence-electron chi connectivity index (χ4n) is 5.04. The summed E-state index contributed by atoms with van der Waals surface area (Å²) in [6.07, 6.45) is 6.32. The third-order valence-corrected chi connectivity index (χ3v) is 6.93. The van der Waals surface area contributed by atoms with Crippen molar-refractivity contribution in [3.05, 3.63) is 59.9 Å². The molecule has 3 aromatic rings. The first-order valence-corrected chi connectivity index (χ1v) is 13.2. The van der Waals surface area contributed by atoms with Crippen molar-refractivity contribution in [2.45, 2.75) is 58.2 Å². The van der Waals surface area contributed by atoms with Crippen molar-refractivity contribution in [3.63, 3.8) is 0 Å². The van der Waals surface area contributed by atoms with E-state index in [-0.39, 0.29) is 25.0 Å². The van der Waals surface area contributed by atoms with Gasteiger partial charge in [-0.2, -0.15) is 0 Å². The zero-order chi connectivity index (χ0) is 26.0. The molecule has 198 valence electrons. The van der Waals surface area contributed by atoms with Crippen molar-refractivity contribution in [2.75, 3.05) is 38.8 Å². The maximum Gasteiger partial charge on any atom is 0.252 e. The summed E-state index contributed by atoms with van der Waals surface area (Å²) in [5, 5.41) is 0. The minimum absolute atomic E-state index is 0.0277. The fourth-order valence-corrected chi connectivity index (χ4v) is 5.04. The molecule has 37 heavy (non-hydrogen) atoms. The van der Waals surface area contributed by atoms with E-state index in [0.717, 1.165) is 66.6 Å². The van der Waals surface area contributed by atoms with Crippen LogP contribution in [-0.2, 0) is 38.8 Å². The second-order valence-electron chi connectivity index (χ2n) is 9.58. The number of amides is 2. The summed E-state index contributed by atoms with van der Waals surface area (Å²) in [5.74, 6) is 0.705. The Kier molecular flexibility index (Phi) is 9.68. The minimum atomic E-state index is -0.0585. The van der Waals surface area contributed by atoms with E-state index in [9.17, 15) is 9.59 Å². The first-order valence-electron chi connectivity index (χ1n) is 13.2. The van der Waals surface area contributed by atoms with Gasteiger partial charge in [0.15, 0.2) is 0 Å². The summed E-state index contributed by atoms with van der Waals surface area (Å²) in [7, 11) is 3.18. The Morgan fingerprint density at radius 3 is 2.32 bits per heavy atom. The molecule has 1 aliphatic rings. The summed E-state index contributed by atoms with van der Waals surface area (Å²) in [4.78, 5) is 35.3. The maximum absolute atomic E-state index is 13.8. The number of fused-ring (bicyclic) bond motifs is 2.